The van der Waals surface area contributed by atoms with Crippen molar-refractivity contribution >= 4 is 23.8 Å². The first kappa shape index (κ1) is 29.6. The summed E-state index contributed by atoms with van der Waals surface area (Å²) in [6, 6.07) is 7.91. The van der Waals surface area contributed by atoms with Crippen LogP contribution in [0.1, 0.15) is 39.7 Å². The molecule has 1 aromatic rings. The molecule has 6 heteroatoms. The van der Waals surface area contributed by atoms with E-state index in [2.05, 4.69) is 13.5 Å². The van der Waals surface area contributed by atoms with Crippen LogP contribution in [0.5, 0.6) is 0 Å². The van der Waals surface area contributed by atoms with Gasteiger partial charge in [-0.2, -0.15) is 0 Å². The number of carbonyl (C=O) groups is 2. The number of aldehydes is 1. The largest absolute Gasteiger partial charge is 0.340 e. The van der Waals surface area contributed by atoms with Crippen LogP contribution < -0.4 is 0 Å². The van der Waals surface area contributed by atoms with Gasteiger partial charge in [0.1, 0.15) is 0 Å². The second kappa shape index (κ2) is 17.2. The highest BCUT2D eigenvalue weighted by Gasteiger charge is 2.23. The van der Waals surface area contributed by atoms with Crippen LogP contribution in [0.4, 0.5) is 0 Å². The van der Waals surface area contributed by atoms with Crippen molar-refractivity contribution in [3.63, 3.8) is 0 Å². The SMILES string of the molecule is C=C1CN(C(=O)/C=C/CN(C)C)CCN1/C(C=O)=C\CC.CC.CCc1ccccc1Cl. The molecule has 0 spiro atoms. The molecular weight excluding hydrogens is 422 g/mol. The van der Waals surface area contributed by atoms with Crippen LogP contribution in [0.15, 0.2) is 60.5 Å². The zero-order valence-electron chi connectivity index (χ0n) is 20.6. The maximum atomic E-state index is 12.1. The summed E-state index contributed by atoms with van der Waals surface area (Å²) in [5.41, 5.74) is 2.64. The number of carbonyl (C=O) groups excluding carboxylic acids is 2. The fourth-order valence-electron chi connectivity index (χ4n) is 2.95. The number of aryl methyl sites for hydroxylation is 1. The van der Waals surface area contributed by atoms with Crippen LogP contribution in [0, 0.1) is 0 Å². The molecule has 2 rings (SSSR count). The van der Waals surface area contributed by atoms with E-state index in [1.807, 2.05) is 81.1 Å². The number of likely N-dealkylation sites (N-methyl/N-ethyl adjacent to an activating group) is 1. The fraction of sp³-hybridized carbons (Fsp3) is 0.462. The first-order valence-corrected chi connectivity index (χ1v) is 11.7. The summed E-state index contributed by atoms with van der Waals surface area (Å²) in [7, 11) is 3.91. The lowest BCUT2D eigenvalue weighted by Crippen LogP contribution is -2.46. The van der Waals surface area contributed by atoms with Crippen LogP contribution in [0.2, 0.25) is 5.02 Å². The lowest BCUT2D eigenvalue weighted by atomic mass is 10.2. The Hall–Kier alpha value is -2.37. The summed E-state index contributed by atoms with van der Waals surface area (Å²) in [5, 5.41) is 0.875. The minimum absolute atomic E-state index is 0.00947. The Kier molecular flexibility index (Phi) is 15.9. The summed E-state index contributed by atoms with van der Waals surface area (Å²) < 4.78 is 0. The highest BCUT2D eigenvalue weighted by atomic mass is 35.5. The fourth-order valence-corrected chi connectivity index (χ4v) is 3.22. The molecule has 1 fully saturated rings. The number of hydrogen-bond acceptors (Lipinski definition) is 4. The van der Waals surface area contributed by atoms with Gasteiger partial charge in [0.25, 0.3) is 0 Å². The maximum Gasteiger partial charge on any atom is 0.246 e. The van der Waals surface area contributed by atoms with Crippen molar-refractivity contribution in [3.05, 3.63) is 71.1 Å². The highest BCUT2D eigenvalue weighted by molar-refractivity contribution is 6.31. The third kappa shape index (κ3) is 10.8. The van der Waals surface area contributed by atoms with E-state index in [9.17, 15) is 9.59 Å². The lowest BCUT2D eigenvalue weighted by Gasteiger charge is -2.37. The van der Waals surface area contributed by atoms with Crippen LogP contribution in [-0.2, 0) is 16.0 Å². The zero-order chi connectivity index (χ0) is 24.5. The summed E-state index contributed by atoms with van der Waals surface area (Å²) in [4.78, 5) is 28.8. The normalized spacial score (nSPS) is 14.0. The van der Waals surface area contributed by atoms with Gasteiger partial charge >= 0.3 is 0 Å². The molecule has 0 aliphatic carbocycles. The predicted octanol–water partition coefficient (Wildman–Crippen LogP) is 5.18. The van der Waals surface area contributed by atoms with E-state index in [-0.39, 0.29) is 5.91 Å². The molecule has 178 valence electrons. The first-order chi connectivity index (χ1) is 15.3. The molecule has 0 unspecified atom stereocenters. The van der Waals surface area contributed by atoms with Crippen LogP contribution in [0.25, 0.3) is 0 Å². The topological polar surface area (TPSA) is 43.9 Å². The van der Waals surface area contributed by atoms with Gasteiger partial charge < -0.3 is 14.7 Å². The molecule has 1 aliphatic rings. The van der Waals surface area contributed by atoms with Crippen molar-refractivity contribution in [2.75, 3.05) is 40.3 Å². The Morgan fingerprint density at radius 3 is 2.31 bits per heavy atom. The van der Waals surface area contributed by atoms with Crippen LogP contribution >= 0.6 is 11.6 Å². The Morgan fingerprint density at radius 2 is 1.84 bits per heavy atom. The molecule has 0 radical (unpaired) electrons. The number of hydrogen-bond donors (Lipinski definition) is 0. The summed E-state index contributed by atoms with van der Waals surface area (Å²) >= 11 is 5.82. The van der Waals surface area contributed by atoms with Gasteiger partial charge in [-0.1, -0.05) is 76.2 Å². The molecule has 0 saturated carbocycles. The smallest absolute Gasteiger partial charge is 0.246 e. The van der Waals surface area contributed by atoms with E-state index in [1.54, 1.807) is 11.0 Å². The molecular formula is C26H40ClN3O2. The molecule has 1 aliphatic heterocycles. The lowest BCUT2D eigenvalue weighted by molar-refractivity contribution is -0.126. The molecule has 1 amide bonds. The number of amides is 1. The van der Waals surface area contributed by atoms with Gasteiger partial charge in [0.05, 0.1) is 12.2 Å². The molecule has 0 aromatic heterocycles. The molecule has 1 heterocycles. The molecule has 1 aromatic carbocycles. The van der Waals surface area contributed by atoms with Crippen molar-refractivity contribution in [1.29, 1.82) is 0 Å². The van der Waals surface area contributed by atoms with E-state index < -0.39 is 0 Å². The third-order valence-electron chi connectivity index (χ3n) is 4.58. The number of halogens is 1. The second-order valence-electron chi connectivity index (χ2n) is 7.24. The van der Waals surface area contributed by atoms with Crippen LogP contribution in [-0.4, -0.2) is 67.2 Å². The number of nitrogens with zero attached hydrogens (tertiary/aromatic N) is 3. The summed E-state index contributed by atoms with van der Waals surface area (Å²) in [6.07, 6.45) is 8.00. The van der Waals surface area contributed by atoms with Crippen molar-refractivity contribution < 1.29 is 9.59 Å². The number of piperazine rings is 1. The molecule has 5 nitrogen and oxygen atoms in total. The zero-order valence-corrected chi connectivity index (χ0v) is 21.4. The van der Waals surface area contributed by atoms with Crippen LogP contribution in [0.3, 0.4) is 0 Å². The van der Waals surface area contributed by atoms with E-state index in [4.69, 9.17) is 11.6 Å². The van der Waals surface area contributed by atoms with Gasteiger partial charge in [0.2, 0.25) is 5.91 Å². The number of allylic oxidation sites excluding steroid dienone is 2. The Labute approximate surface area is 200 Å². The van der Waals surface area contributed by atoms with Gasteiger partial charge in [0.15, 0.2) is 6.29 Å². The average Bonchev–Trinajstić information content (AvgIpc) is 2.79. The van der Waals surface area contributed by atoms with E-state index in [0.29, 0.717) is 25.3 Å². The Balaban J connectivity index is 0.000000723. The minimum atomic E-state index is -0.00947. The Morgan fingerprint density at radius 1 is 1.19 bits per heavy atom. The number of benzene rings is 1. The van der Waals surface area contributed by atoms with Gasteiger partial charge in [-0.25, -0.2) is 0 Å². The highest BCUT2D eigenvalue weighted by Crippen LogP contribution is 2.17. The van der Waals surface area contributed by atoms with Gasteiger partial charge in [-0.3, -0.25) is 9.59 Å². The van der Waals surface area contributed by atoms with Gasteiger partial charge in [-0.15, -0.1) is 0 Å². The molecule has 0 bridgehead atoms. The van der Waals surface area contributed by atoms with Crippen molar-refractivity contribution in [3.8, 4) is 0 Å². The second-order valence-corrected chi connectivity index (χ2v) is 7.65. The van der Waals surface area contributed by atoms with E-state index in [0.717, 1.165) is 36.4 Å². The molecule has 32 heavy (non-hydrogen) atoms. The van der Waals surface area contributed by atoms with Gasteiger partial charge in [0, 0.05) is 36.4 Å². The maximum absolute atomic E-state index is 12.1. The predicted molar refractivity (Wildman–Crippen MR) is 137 cm³/mol. The molecule has 0 N–H and O–H groups in total. The van der Waals surface area contributed by atoms with E-state index >= 15 is 0 Å². The first-order valence-electron chi connectivity index (χ1n) is 11.3. The quantitative estimate of drug-likeness (QED) is 0.414. The summed E-state index contributed by atoms with van der Waals surface area (Å²) in [5.74, 6) is -0.00947. The minimum Gasteiger partial charge on any atom is -0.340 e. The summed E-state index contributed by atoms with van der Waals surface area (Å²) in [6.45, 7) is 14.5. The van der Waals surface area contributed by atoms with Gasteiger partial charge in [-0.05, 0) is 38.6 Å². The van der Waals surface area contributed by atoms with Crippen molar-refractivity contribution in [2.24, 2.45) is 0 Å². The monoisotopic (exact) mass is 461 g/mol. The van der Waals surface area contributed by atoms with Crippen molar-refractivity contribution in [2.45, 2.75) is 40.5 Å². The average molecular weight is 462 g/mol. The van der Waals surface area contributed by atoms with E-state index in [1.165, 1.54) is 5.56 Å². The number of rotatable bonds is 7. The molecule has 1 saturated heterocycles. The standard InChI is InChI=1S/C16H25N3O2.C8H9Cl.C2H6/c1-5-7-15(13-20)19-11-10-18(12-14(19)2)16(21)8-6-9-17(3)4;1-2-7-5-3-4-6-8(7)9;1-2/h6-8,13H,2,5,9-12H2,1,3-4H3;3-6H,2H2,1H3;1-2H3/b8-6+,15-7-;;. The van der Waals surface area contributed by atoms with Crippen molar-refractivity contribution in [1.82, 2.24) is 14.7 Å². The Bertz CT molecular complexity index is 772. The third-order valence-corrected chi connectivity index (χ3v) is 4.94. The molecule has 0 atom stereocenters.